The molecular formula is C11H15NO3S. The molecule has 1 fully saturated rings. The molecule has 0 aromatic carbocycles. The largest absolute Gasteiger partial charge is 0.478 e. The Morgan fingerprint density at radius 3 is 2.94 bits per heavy atom. The highest BCUT2D eigenvalue weighted by molar-refractivity contribution is 7.10. The minimum Gasteiger partial charge on any atom is -0.478 e. The van der Waals surface area contributed by atoms with Gasteiger partial charge in [0.1, 0.15) is 0 Å². The van der Waals surface area contributed by atoms with E-state index in [2.05, 4.69) is 12.2 Å². The Bertz CT molecular complexity index is 384. The van der Waals surface area contributed by atoms with Crippen LogP contribution in [-0.4, -0.2) is 30.8 Å². The maximum absolute atomic E-state index is 10.7. The van der Waals surface area contributed by atoms with Gasteiger partial charge in [0.25, 0.3) is 0 Å². The first kappa shape index (κ1) is 11.6. The molecular weight excluding hydrogens is 226 g/mol. The second-order valence-corrected chi connectivity index (χ2v) is 5.51. The van der Waals surface area contributed by atoms with E-state index in [1.54, 1.807) is 11.4 Å². The molecule has 16 heavy (non-hydrogen) atoms. The molecule has 1 aliphatic heterocycles. The Labute approximate surface area is 98.2 Å². The molecule has 1 saturated heterocycles. The number of carbonyl (C=O) groups is 1. The van der Waals surface area contributed by atoms with Gasteiger partial charge in [0.05, 0.1) is 18.8 Å². The third-order valence-electron chi connectivity index (χ3n) is 2.65. The summed E-state index contributed by atoms with van der Waals surface area (Å²) in [5, 5.41) is 13.8. The van der Waals surface area contributed by atoms with E-state index in [1.807, 2.05) is 0 Å². The number of thiophene rings is 1. The maximum atomic E-state index is 10.7. The van der Waals surface area contributed by atoms with E-state index in [4.69, 9.17) is 9.84 Å². The Morgan fingerprint density at radius 2 is 2.44 bits per heavy atom. The first-order valence-corrected chi connectivity index (χ1v) is 6.06. The number of nitrogens with one attached hydrogen (secondary N) is 1. The van der Waals surface area contributed by atoms with Gasteiger partial charge in [0.15, 0.2) is 0 Å². The lowest BCUT2D eigenvalue weighted by atomic mass is 9.89. The molecule has 2 heterocycles. The molecule has 0 aliphatic carbocycles. The zero-order valence-corrected chi connectivity index (χ0v) is 9.97. The minimum absolute atomic E-state index is 0.257. The predicted octanol–water partition coefficient (Wildman–Crippen LogP) is 1.57. The van der Waals surface area contributed by atoms with E-state index in [1.165, 1.54) is 11.3 Å². The summed E-state index contributed by atoms with van der Waals surface area (Å²) in [6.45, 7) is 5.44. The Kier molecular flexibility index (Phi) is 3.28. The molecule has 4 nitrogen and oxygen atoms in total. The van der Waals surface area contributed by atoms with Crippen LogP contribution in [0.15, 0.2) is 11.4 Å². The van der Waals surface area contributed by atoms with Crippen molar-refractivity contribution in [1.82, 2.24) is 5.32 Å². The van der Waals surface area contributed by atoms with Gasteiger partial charge in [-0.2, -0.15) is 0 Å². The van der Waals surface area contributed by atoms with Crippen LogP contribution >= 0.6 is 11.3 Å². The molecule has 0 spiro atoms. The number of rotatable bonds is 5. The molecule has 0 saturated carbocycles. The van der Waals surface area contributed by atoms with Crippen molar-refractivity contribution in [3.05, 3.63) is 21.9 Å². The molecule has 2 N–H and O–H groups in total. The van der Waals surface area contributed by atoms with Crippen molar-refractivity contribution in [2.24, 2.45) is 5.41 Å². The van der Waals surface area contributed by atoms with Crippen LogP contribution in [0.25, 0.3) is 0 Å². The van der Waals surface area contributed by atoms with Gasteiger partial charge in [-0.3, -0.25) is 0 Å². The molecule has 0 bridgehead atoms. The average Bonchev–Trinajstić information content (AvgIpc) is 2.64. The van der Waals surface area contributed by atoms with E-state index in [-0.39, 0.29) is 5.41 Å². The summed E-state index contributed by atoms with van der Waals surface area (Å²) < 4.78 is 5.16. The highest BCUT2D eigenvalue weighted by Crippen LogP contribution is 2.25. The minimum atomic E-state index is -0.859. The van der Waals surface area contributed by atoms with Gasteiger partial charge in [-0.25, -0.2) is 4.79 Å². The van der Waals surface area contributed by atoms with Crippen molar-refractivity contribution in [3.8, 4) is 0 Å². The van der Waals surface area contributed by atoms with Gasteiger partial charge in [-0.15, -0.1) is 11.3 Å². The number of aromatic carboxylic acids is 1. The van der Waals surface area contributed by atoms with Gasteiger partial charge in [-0.1, -0.05) is 6.92 Å². The van der Waals surface area contributed by atoms with Crippen LogP contribution in [0.4, 0.5) is 0 Å². The van der Waals surface area contributed by atoms with E-state index >= 15 is 0 Å². The molecule has 1 aliphatic rings. The van der Waals surface area contributed by atoms with Crippen molar-refractivity contribution < 1.29 is 14.6 Å². The molecule has 0 atom stereocenters. The van der Waals surface area contributed by atoms with Crippen LogP contribution in [0.3, 0.4) is 0 Å². The van der Waals surface area contributed by atoms with Gasteiger partial charge >= 0.3 is 5.97 Å². The fourth-order valence-corrected chi connectivity index (χ4v) is 2.45. The van der Waals surface area contributed by atoms with Crippen LogP contribution in [0.5, 0.6) is 0 Å². The van der Waals surface area contributed by atoms with E-state index in [0.29, 0.717) is 5.56 Å². The molecule has 0 unspecified atom stereocenters. The third kappa shape index (κ3) is 2.61. The fraction of sp³-hybridized carbons (Fsp3) is 0.545. The number of ether oxygens (including phenoxy) is 1. The summed E-state index contributed by atoms with van der Waals surface area (Å²) in [4.78, 5) is 11.7. The summed E-state index contributed by atoms with van der Waals surface area (Å²) in [5.74, 6) is -0.859. The number of carboxylic acid groups (broad SMARTS) is 1. The monoisotopic (exact) mass is 241 g/mol. The van der Waals surface area contributed by atoms with Gasteiger partial charge in [0, 0.05) is 28.8 Å². The lowest BCUT2D eigenvalue weighted by Gasteiger charge is -2.38. The number of carboxylic acids is 1. The van der Waals surface area contributed by atoms with Gasteiger partial charge in [-0.05, 0) is 6.07 Å². The summed E-state index contributed by atoms with van der Waals surface area (Å²) in [6, 6.07) is 1.72. The average molecular weight is 241 g/mol. The Morgan fingerprint density at radius 1 is 1.69 bits per heavy atom. The van der Waals surface area contributed by atoms with Crippen LogP contribution in [0.1, 0.15) is 22.2 Å². The SMILES string of the molecule is CC1(CNCc2cc(C(=O)O)cs2)COC1. The quantitative estimate of drug-likeness (QED) is 0.821. The van der Waals surface area contributed by atoms with Gasteiger partial charge < -0.3 is 15.2 Å². The zero-order chi connectivity index (χ0) is 11.6. The van der Waals surface area contributed by atoms with Crippen LogP contribution in [-0.2, 0) is 11.3 Å². The smallest absolute Gasteiger partial charge is 0.336 e. The van der Waals surface area contributed by atoms with Crippen LogP contribution < -0.4 is 5.32 Å². The third-order valence-corrected chi connectivity index (χ3v) is 3.59. The predicted molar refractivity (Wildman–Crippen MR) is 61.9 cm³/mol. The molecule has 88 valence electrons. The highest BCUT2D eigenvalue weighted by atomic mass is 32.1. The van der Waals surface area contributed by atoms with Crippen molar-refractivity contribution in [2.75, 3.05) is 19.8 Å². The van der Waals surface area contributed by atoms with Crippen molar-refractivity contribution in [1.29, 1.82) is 0 Å². The van der Waals surface area contributed by atoms with Crippen LogP contribution in [0, 0.1) is 5.41 Å². The van der Waals surface area contributed by atoms with Crippen molar-refractivity contribution in [2.45, 2.75) is 13.5 Å². The molecule has 0 amide bonds. The first-order valence-electron chi connectivity index (χ1n) is 5.18. The molecule has 1 aromatic rings. The molecule has 1 aromatic heterocycles. The lowest BCUT2D eigenvalue weighted by molar-refractivity contribution is -0.0991. The molecule has 5 heteroatoms. The van der Waals surface area contributed by atoms with E-state index < -0.39 is 5.97 Å². The molecule has 0 radical (unpaired) electrons. The van der Waals surface area contributed by atoms with Gasteiger partial charge in [0.2, 0.25) is 0 Å². The van der Waals surface area contributed by atoms with Crippen molar-refractivity contribution in [3.63, 3.8) is 0 Å². The standard InChI is InChI=1S/C11H15NO3S/c1-11(6-15-7-11)5-12-3-9-2-8(4-16-9)10(13)14/h2,4,12H,3,5-7H2,1H3,(H,13,14). The van der Waals surface area contributed by atoms with Crippen LogP contribution in [0.2, 0.25) is 0 Å². The zero-order valence-electron chi connectivity index (χ0n) is 9.16. The molecule has 2 rings (SSSR count). The second kappa shape index (κ2) is 4.53. The lowest BCUT2D eigenvalue weighted by Crippen LogP contribution is -2.47. The normalized spacial score (nSPS) is 18.1. The summed E-state index contributed by atoms with van der Waals surface area (Å²) >= 11 is 1.48. The fourth-order valence-electron chi connectivity index (χ4n) is 1.63. The summed E-state index contributed by atoms with van der Waals surface area (Å²) in [7, 11) is 0. The maximum Gasteiger partial charge on any atom is 0.336 e. The second-order valence-electron chi connectivity index (χ2n) is 4.51. The van der Waals surface area contributed by atoms with E-state index in [0.717, 1.165) is 31.2 Å². The highest BCUT2D eigenvalue weighted by Gasteiger charge is 2.32. The van der Waals surface area contributed by atoms with E-state index in [9.17, 15) is 4.79 Å². The number of hydrogen-bond acceptors (Lipinski definition) is 4. The van der Waals surface area contributed by atoms with Crippen molar-refractivity contribution >= 4 is 17.3 Å². The Balaban J connectivity index is 1.78. The topological polar surface area (TPSA) is 58.6 Å². The number of hydrogen-bond donors (Lipinski definition) is 2. The summed E-state index contributed by atoms with van der Waals surface area (Å²) in [6.07, 6.45) is 0. The first-order chi connectivity index (χ1) is 7.59. The summed E-state index contributed by atoms with van der Waals surface area (Å²) in [5.41, 5.74) is 0.632. The Hall–Kier alpha value is -0.910.